The molecule has 0 amide bonds. The summed E-state index contributed by atoms with van der Waals surface area (Å²) in [6.45, 7) is 0. The molecular weight excluding hydrogens is 334 g/mol. The van der Waals surface area contributed by atoms with Gasteiger partial charge in [0.25, 0.3) is 6.43 Å². The Balaban J connectivity index is 3.42. The van der Waals surface area contributed by atoms with Crippen molar-refractivity contribution in [3.05, 3.63) is 21.0 Å². The van der Waals surface area contributed by atoms with Crippen LogP contribution in [0.15, 0.2) is 6.07 Å². The van der Waals surface area contributed by atoms with Crippen LogP contribution in [0.3, 0.4) is 0 Å². The van der Waals surface area contributed by atoms with E-state index in [4.69, 9.17) is 5.73 Å². The van der Waals surface area contributed by atoms with Crippen LogP contribution in [0.25, 0.3) is 0 Å². The van der Waals surface area contributed by atoms with Gasteiger partial charge in [0.2, 0.25) is 0 Å². The SMILES string of the molecule is Nc1c(C(F)(F)F)cc(I)nc1C(F)F. The molecule has 1 aromatic rings. The Hall–Kier alpha value is -0.670. The third kappa shape index (κ3) is 2.67. The van der Waals surface area contributed by atoms with E-state index in [9.17, 15) is 22.0 Å². The third-order valence-electron chi connectivity index (χ3n) is 1.57. The summed E-state index contributed by atoms with van der Waals surface area (Å²) in [4.78, 5) is 3.26. The van der Waals surface area contributed by atoms with Gasteiger partial charge in [0.05, 0.1) is 11.3 Å². The minimum Gasteiger partial charge on any atom is -0.397 e. The molecule has 0 aromatic carbocycles. The van der Waals surface area contributed by atoms with Gasteiger partial charge in [-0.1, -0.05) is 0 Å². The lowest BCUT2D eigenvalue weighted by atomic mass is 10.2. The standard InChI is InChI=1S/C7H4F5IN2/c8-6(9)5-4(14)2(7(10,11)12)1-3(13)15-5/h1,6H,14H2. The molecule has 0 bridgehead atoms. The molecule has 0 unspecified atom stereocenters. The third-order valence-corrected chi connectivity index (χ3v) is 2.12. The zero-order valence-electron chi connectivity index (χ0n) is 6.95. The Morgan fingerprint density at radius 2 is 1.87 bits per heavy atom. The molecule has 2 N–H and O–H groups in total. The average molecular weight is 338 g/mol. The van der Waals surface area contributed by atoms with Crippen LogP contribution in [0.2, 0.25) is 0 Å². The van der Waals surface area contributed by atoms with Gasteiger partial charge in [0.1, 0.15) is 9.39 Å². The van der Waals surface area contributed by atoms with Crippen molar-refractivity contribution in [2.75, 3.05) is 5.73 Å². The van der Waals surface area contributed by atoms with E-state index in [0.717, 1.165) is 0 Å². The Labute approximate surface area is 94.8 Å². The monoisotopic (exact) mass is 338 g/mol. The number of nitrogens with zero attached hydrogens (tertiary/aromatic N) is 1. The Bertz CT molecular complexity index is 376. The van der Waals surface area contributed by atoms with Crippen LogP contribution >= 0.6 is 22.6 Å². The van der Waals surface area contributed by atoms with Crippen molar-refractivity contribution in [3.8, 4) is 0 Å². The van der Waals surface area contributed by atoms with Gasteiger partial charge in [-0.15, -0.1) is 0 Å². The van der Waals surface area contributed by atoms with Crippen molar-refractivity contribution < 1.29 is 22.0 Å². The molecule has 1 rings (SSSR count). The van der Waals surface area contributed by atoms with E-state index in [2.05, 4.69) is 4.98 Å². The smallest absolute Gasteiger partial charge is 0.397 e. The van der Waals surface area contributed by atoms with E-state index in [1.807, 2.05) is 0 Å². The molecule has 15 heavy (non-hydrogen) atoms. The highest BCUT2D eigenvalue weighted by atomic mass is 127. The molecule has 0 aliphatic heterocycles. The molecule has 0 atom stereocenters. The molecule has 0 aliphatic carbocycles. The van der Waals surface area contributed by atoms with Crippen LogP contribution in [0.1, 0.15) is 17.7 Å². The minimum atomic E-state index is -4.75. The molecule has 0 saturated carbocycles. The quantitative estimate of drug-likeness (QED) is 0.485. The second kappa shape index (κ2) is 4.06. The molecule has 0 radical (unpaired) electrons. The molecular formula is C7H4F5IN2. The van der Waals surface area contributed by atoms with Gasteiger partial charge < -0.3 is 5.73 Å². The number of nitrogens with two attached hydrogens (primary N) is 1. The van der Waals surface area contributed by atoms with Gasteiger partial charge in [0.15, 0.2) is 0 Å². The van der Waals surface area contributed by atoms with E-state index in [-0.39, 0.29) is 3.70 Å². The van der Waals surface area contributed by atoms with E-state index >= 15 is 0 Å². The summed E-state index contributed by atoms with van der Waals surface area (Å²) in [5.41, 5.74) is 1.64. The lowest BCUT2D eigenvalue weighted by Gasteiger charge is -2.13. The fraction of sp³-hybridized carbons (Fsp3) is 0.286. The summed E-state index contributed by atoms with van der Waals surface area (Å²) >= 11 is 1.42. The molecule has 0 aliphatic rings. The van der Waals surface area contributed by atoms with E-state index < -0.39 is 29.5 Å². The molecule has 1 heterocycles. The maximum Gasteiger partial charge on any atom is 0.418 e. The van der Waals surface area contributed by atoms with Crippen molar-refractivity contribution in [2.24, 2.45) is 0 Å². The first-order valence-electron chi connectivity index (χ1n) is 3.54. The van der Waals surface area contributed by atoms with Crippen LogP contribution in [0, 0.1) is 3.70 Å². The van der Waals surface area contributed by atoms with Crippen molar-refractivity contribution in [2.45, 2.75) is 12.6 Å². The van der Waals surface area contributed by atoms with Crippen LogP contribution in [0.4, 0.5) is 27.6 Å². The minimum absolute atomic E-state index is 0.176. The molecule has 84 valence electrons. The first-order chi connectivity index (χ1) is 6.73. The van der Waals surface area contributed by atoms with Crippen LogP contribution in [-0.4, -0.2) is 4.98 Å². The fourth-order valence-corrected chi connectivity index (χ4v) is 1.51. The fourth-order valence-electron chi connectivity index (χ4n) is 0.943. The number of nitrogen functional groups attached to an aromatic ring is 1. The number of rotatable bonds is 1. The van der Waals surface area contributed by atoms with E-state index in [1.165, 1.54) is 22.6 Å². The molecule has 2 nitrogen and oxygen atoms in total. The van der Waals surface area contributed by atoms with Crippen LogP contribution in [-0.2, 0) is 6.18 Å². The number of pyridine rings is 1. The summed E-state index contributed by atoms with van der Waals surface area (Å²) in [5.74, 6) is 0. The van der Waals surface area contributed by atoms with Crippen LogP contribution < -0.4 is 5.73 Å². The Kier molecular flexibility index (Phi) is 3.36. The summed E-state index contributed by atoms with van der Waals surface area (Å²) in [6, 6.07) is 0.627. The molecule has 8 heteroatoms. The summed E-state index contributed by atoms with van der Waals surface area (Å²) in [6.07, 6.45) is -7.88. The Morgan fingerprint density at radius 3 is 2.27 bits per heavy atom. The second-order valence-electron chi connectivity index (χ2n) is 2.59. The topological polar surface area (TPSA) is 38.9 Å². The van der Waals surface area contributed by atoms with E-state index in [1.54, 1.807) is 0 Å². The molecule has 1 aromatic heterocycles. The van der Waals surface area contributed by atoms with Gasteiger partial charge in [-0.05, 0) is 28.7 Å². The van der Waals surface area contributed by atoms with Crippen molar-refractivity contribution >= 4 is 28.3 Å². The zero-order valence-corrected chi connectivity index (χ0v) is 9.10. The number of hydrogen-bond acceptors (Lipinski definition) is 2. The maximum atomic E-state index is 12.3. The zero-order chi connectivity index (χ0) is 11.8. The highest BCUT2D eigenvalue weighted by Gasteiger charge is 2.35. The predicted octanol–water partition coefficient (Wildman–Crippen LogP) is 3.22. The summed E-state index contributed by atoms with van der Waals surface area (Å²) < 4.78 is 61.3. The first kappa shape index (κ1) is 12.4. The molecule has 0 fully saturated rings. The van der Waals surface area contributed by atoms with Gasteiger partial charge in [-0.2, -0.15) is 13.2 Å². The van der Waals surface area contributed by atoms with Gasteiger partial charge in [-0.25, -0.2) is 13.8 Å². The first-order valence-corrected chi connectivity index (χ1v) is 4.62. The van der Waals surface area contributed by atoms with Gasteiger partial charge >= 0.3 is 6.18 Å². The highest BCUT2D eigenvalue weighted by molar-refractivity contribution is 14.1. The number of hydrogen-bond donors (Lipinski definition) is 1. The van der Waals surface area contributed by atoms with Crippen molar-refractivity contribution in [1.29, 1.82) is 0 Å². The molecule has 0 saturated heterocycles. The second-order valence-corrected chi connectivity index (χ2v) is 3.70. The lowest BCUT2D eigenvalue weighted by Crippen LogP contribution is -2.13. The average Bonchev–Trinajstić information content (AvgIpc) is 2.06. The largest absolute Gasteiger partial charge is 0.418 e. The van der Waals surface area contributed by atoms with Gasteiger partial charge in [-0.3, -0.25) is 0 Å². The molecule has 0 spiro atoms. The number of anilines is 1. The number of alkyl halides is 5. The lowest BCUT2D eigenvalue weighted by molar-refractivity contribution is -0.137. The number of halogens is 6. The van der Waals surface area contributed by atoms with Crippen LogP contribution in [0.5, 0.6) is 0 Å². The Morgan fingerprint density at radius 1 is 1.33 bits per heavy atom. The number of aromatic nitrogens is 1. The summed E-state index contributed by atoms with van der Waals surface area (Å²) in [5, 5.41) is 0. The van der Waals surface area contributed by atoms with Gasteiger partial charge in [0, 0.05) is 0 Å². The normalized spacial score (nSPS) is 12.2. The van der Waals surface area contributed by atoms with Crippen molar-refractivity contribution in [1.82, 2.24) is 4.98 Å². The maximum absolute atomic E-state index is 12.3. The highest BCUT2D eigenvalue weighted by Crippen LogP contribution is 2.37. The predicted molar refractivity (Wildman–Crippen MR) is 51.3 cm³/mol. The van der Waals surface area contributed by atoms with E-state index in [0.29, 0.717) is 6.07 Å². The summed E-state index contributed by atoms with van der Waals surface area (Å²) in [7, 11) is 0. The van der Waals surface area contributed by atoms with Crippen molar-refractivity contribution in [3.63, 3.8) is 0 Å².